The highest BCUT2D eigenvalue weighted by atomic mass is 19.4. The maximum atomic E-state index is 12.8. The molecular formula is C7H4F6N2O. The van der Waals surface area contributed by atoms with E-state index in [4.69, 9.17) is 0 Å². The molecule has 0 fully saturated rings. The molecule has 0 heterocycles. The van der Waals surface area contributed by atoms with Crippen LogP contribution < -0.4 is 10.6 Å². The van der Waals surface area contributed by atoms with Gasteiger partial charge >= 0.3 is 6.36 Å². The van der Waals surface area contributed by atoms with Crippen molar-refractivity contribution < 1.29 is 31.5 Å². The van der Waals surface area contributed by atoms with Gasteiger partial charge in [-0.3, -0.25) is 0 Å². The van der Waals surface area contributed by atoms with Crippen molar-refractivity contribution in [3.05, 3.63) is 24.3 Å². The van der Waals surface area contributed by atoms with Gasteiger partial charge in [0.15, 0.2) is 0 Å². The van der Waals surface area contributed by atoms with Crippen LogP contribution in [0.3, 0.4) is 0 Å². The first-order chi connectivity index (χ1) is 7.31. The molecule has 1 rings (SSSR count). The number of anilines is 2. The summed E-state index contributed by atoms with van der Waals surface area (Å²) in [6, 6.07) is 3.61. The Hall–Kier alpha value is -1.64. The van der Waals surface area contributed by atoms with Crippen LogP contribution in [0.15, 0.2) is 24.3 Å². The molecule has 3 nitrogen and oxygen atoms in total. The van der Waals surface area contributed by atoms with E-state index in [0.717, 1.165) is 18.2 Å². The molecule has 0 spiro atoms. The number of hydrogen-bond acceptors (Lipinski definition) is 3. The van der Waals surface area contributed by atoms with E-state index in [-0.39, 0.29) is 0 Å². The van der Waals surface area contributed by atoms with Gasteiger partial charge in [-0.1, -0.05) is 30.9 Å². The molecule has 0 aliphatic heterocycles. The van der Waals surface area contributed by atoms with E-state index in [1.807, 2.05) is 0 Å². The van der Waals surface area contributed by atoms with Crippen molar-refractivity contribution in [2.75, 3.05) is 10.6 Å². The molecule has 0 atom stereocenters. The Morgan fingerprint density at radius 2 is 1.44 bits per heavy atom. The summed E-state index contributed by atoms with van der Waals surface area (Å²) in [5.41, 5.74) is -2.13. The highest BCUT2D eigenvalue weighted by molar-refractivity contribution is 5.66. The van der Waals surface area contributed by atoms with E-state index in [9.17, 15) is 26.6 Å². The van der Waals surface area contributed by atoms with Gasteiger partial charge in [-0.15, -0.1) is 18.0 Å². The van der Waals surface area contributed by atoms with Crippen LogP contribution in [0.5, 0.6) is 0 Å². The predicted octanol–water partition coefficient (Wildman–Crippen LogP) is 3.40. The fraction of sp³-hybridized carbons (Fsp3) is 0.143. The molecule has 0 aromatic heterocycles. The summed E-state index contributed by atoms with van der Waals surface area (Å²) in [5, 5.41) is -2.80. The molecule has 0 N–H and O–H groups in total. The van der Waals surface area contributed by atoms with E-state index in [1.54, 1.807) is 0 Å². The molecule has 0 saturated carbocycles. The zero-order chi connectivity index (χ0) is 12.3. The van der Waals surface area contributed by atoms with E-state index in [0.29, 0.717) is 6.07 Å². The first-order valence-corrected chi connectivity index (χ1v) is 3.74. The minimum absolute atomic E-state index is 0.702. The lowest BCUT2D eigenvalue weighted by Gasteiger charge is -2.17. The zero-order valence-corrected chi connectivity index (χ0v) is 7.38. The molecule has 0 unspecified atom stereocenters. The fourth-order valence-corrected chi connectivity index (χ4v) is 0.896. The van der Waals surface area contributed by atoms with Crippen LogP contribution in [0, 0.1) is 0 Å². The Morgan fingerprint density at radius 3 is 1.88 bits per heavy atom. The van der Waals surface area contributed by atoms with Crippen LogP contribution in [0.1, 0.15) is 0 Å². The molecule has 16 heavy (non-hydrogen) atoms. The highest BCUT2D eigenvalue weighted by Gasteiger charge is 2.35. The second-order valence-corrected chi connectivity index (χ2v) is 2.50. The third-order valence-corrected chi connectivity index (χ3v) is 1.44. The van der Waals surface area contributed by atoms with Crippen LogP contribution in [-0.4, -0.2) is 6.36 Å². The molecule has 0 aliphatic rings. The SMILES string of the molecule is FN(F)c1ccccc1N(F)OC(F)(F)F. The predicted molar refractivity (Wildman–Crippen MR) is 41.9 cm³/mol. The van der Waals surface area contributed by atoms with E-state index in [1.165, 1.54) is 0 Å². The number of alkyl halides is 3. The van der Waals surface area contributed by atoms with E-state index < -0.39 is 28.4 Å². The summed E-state index contributed by atoms with van der Waals surface area (Å²) in [5.74, 6) is 0. The highest BCUT2D eigenvalue weighted by Crippen LogP contribution is 2.32. The Kier molecular flexibility index (Phi) is 3.48. The molecule has 0 amide bonds. The maximum absolute atomic E-state index is 12.8. The topological polar surface area (TPSA) is 15.7 Å². The molecule has 1 aromatic rings. The standard InChI is InChI=1S/C7H4F6N2O/c8-7(9,10)16-15(13)6-4-2-1-3-5(6)14(11)12/h1-4H. The van der Waals surface area contributed by atoms with Gasteiger partial charge in [0, 0.05) is 0 Å². The average molecular weight is 246 g/mol. The lowest BCUT2D eigenvalue weighted by atomic mass is 10.3. The van der Waals surface area contributed by atoms with Crippen molar-refractivity contribution in [1.29, 1.82) is 0 Å². The van der Waals surface area contributed by atoms with Gasteiger partial charge in [-0.25, -0.2) is 0 Å². The Morgan fingerprint density at radius 1 is 0.938 bits per heavy atom. The van der Waals surface area contributed by atoms with Crippen molar-refractivity contribution in [3.63, 3.8) is 0 Å². The summed E-state index contributed by atoms with van der Waals surface area (Å²) >= 11 is 0. The van der Waals surface area contributed by atoms with Crippen LogP contribution in [0.25, 0.3) is 0 Å². The van der Waals surface area contributed by atoms with Gasteiger partial charge in [0.25, 0.3) is 0 Å². The maximum Gasteiger partial charge on any atom is 0.546 e. The summed E-state index contributed by atoms with van der Waals surface area (Å²) in [6.45, 7) is 0. The van der Waals surface area contributed by atoms with E-state index in [2.05, 4.69) is 4.84 Å². The monoisotopic (exact) mass is 246 g/mol. The summed E-state index contributed by atoms with van der Waals surface area (Å²) in [6.07, 6.45) is -5.31. The molecule has 0 saturated heterocycles. The zero-order valence-electron chi connectivity index (χ0n) is 7.38. The minimum atomic E-state index is -5.31. The Bertz CT molecular complexity index is 355. The summed E-state index contributed by atoms with van der Waals surface area (Å²) in [7, 11) is 0. The second-order valence-electron chi connectivity index (χ2n) is 2.50. The lowest BCUT2D eigenvalue weighted by molar-refractivity contribution is -0.345. The molecule has 9 heteroatoms. The van der Waals surface area contributed by atoms with Crippen molar-refractivity contribution >= 4 is 11.4 Å². The summed E-state index contributed by atoms with van der Waals surface area (Å²) < 4.78 is 71.9. The largest absolute Gasteiger partial charge is 0.546 e. The number of rotatable bonds is 3. The van der Waals surface area contributed by atoms with Gasteiger partial charge in [0.2, 0.25) is 0 Å². The number of benzene rings is 1. The fourth-order valence-electron chi connectivity index (χ4n) is 0.896. The van der Waals surface area contributed by atoms with Crippen LogP contribution in [0.4, 0.5) is 38.0 Å². The normalized spacial score (nSPS) is 11.4. The minimum Gasteiger partial charge on any atom is -0.142 e. The van der Waals surface area contributed by atoms with Gasteiger partial charge < -0.3 is 0 Å². The van der Waals surface area contributed by atoms with Gasteiger partial charge in [-0.2, -0.15) is 0 Å². The van der Waals surface area contributed by atoms with Gasteiger partial charge in [-0.05, 0) is 17.5 Å². The number of para-hydroxylation sites is 2. The molecule has 0 aliphatic carbocycles. The number of hydrogen-bond donors (Lipinski definition) is 0. The van der Waals surface area contributed by atoms with Crippen LogP contribution >= 0.6 is 0 Å². The second kappa shape index (κ2) is 4.47. The van der Waals surface area contributed by atoms with Crippen LogP contribution in [-0.2, 0) is 4.84 Å². The third-order valence-electron chi connectivity index (χ3n) is 1.44. The average Bonchev–Trinajstić information content (AvgIpc) is 2.15. The lowest BCUT2D eigenvalue weighted by Crippen LogP contribution is -2.25. The molecule has 90 valence electrons. The third kappa shape index (κ3) is 3.19. The van der Waals surface area contributed by atoms with Crippen molar-refractivity contribution in [2.24, 2.45) is 0 Å². The molecule has 0 radical (unpaired) electrons. The van der Waals surface area contributed by atoms with Crippen molar-refractivity contribution in [2.45, 2.75) is 6.36 Å². The van der Waals surface area contributed by atoms with Crippen LogP contribution in [0.2, 0.25) is 0 Å². The smallest absolute Gasteiger partial charge is 0.142 e. The summed E-state index contributed by atoms with van der Waals surface area (Å²) in [4.78, 5) is 2.82. The quantitative estimate of drug-likeness (QED) is 0.461. The van der Waals surface area contributed by atoms with Crippen molar-refractivity contribution in [1.82, 2.24) is 0 Å². The van der Waals surface area contributed by atoms with Crippen molar-refractivity contribution in [3.8, 4) is 0 Å². The first-order valence-electron chi connectivity index (χ1n) is 3.74. The van der Waals surface area contributed by atoms with Gasteiger partial charge in [0.1, 0.15) is 11.4 Å². The molecular weight excluding hydrogens is 242 g/mol. The molecule has 0 bridgehead atoms. The number of nitrogens with zero attached hydrogens (tertiary/aromatic N) is 2. The first kappa shape index (κ1) is 12.4. The Balaban J connectivity index is 2.95. The molecule has 1 aromatic carbocycles. The Labute approximate surface area is 85.2 Å². The number of halogens is 6. The van der Waals surface area contributed by atoms with Gasteiger partial charge in [0.05, 0.1) is 0 Å². The van der Waals surface area contributed by atoms with E-state index >= 15 is 0 Å².